The SMILES string of the molecule is Cc1cc2nnc(-c3cccc4c3CCNC4)n2c(C)n1. The van der Waals surface area contributed by atoms with Crippen LogP contribution in [0.5, 0.6) is 0 Å². The number of aryl methyl sites for hydroxylation is 2. The van der Waals surface area contributed by atoms with Crippen molar-refractivity contribution in [2.45, 2.75) is 26.8 Å². The van der Waals surface area contributed by atoms with Crippen molar-refractivity contribution in [3.63, 3.8) is 0 Å². The summed E-state index contributed by atoms with van der Waals surface area (Å²) in [5.41, 5.74) is 5.74. The second-order valence-corrected chi connectivity index (χ2v) is 5.53. The van der Waals surface area contributed by atoms with Gasteiger partial charge in [-0.1, -0.05) is 18.2 Å². The van der Waals surface area contributed by atoms with E-state index in [1.807, 2.05) is 24.3 Å². The second kappa shape index (κ2) is 4.63. The van der Waals surface area contributed by atoms with Crippen LogP contribution in [0.3, 0.4) is 0 Å². The Bertz CT molecular complexity index is 834. The highest BCUT2D eigenvalue weighted by molar-refractivity contribution is 5.66. The van der Waals surface area contributed by atoms with E-state index < -0.39 is 0 Å². The fourth-order valence-electron chi connectivity index (χ4n) is 3.15. The van der Waals surface area contributed by atoms with E-state index in [1.165, 1.54) is 16.7 Å². The summed E-state index contributed by atoms with van der Waals surface area (Å²) in [5.74, 6) is 1.82. The van der Waals surface area contributed by atoms with Crippen molar-refractivity contribution in [3.05, 3.63) is 46.9 Å². The van der Waals surface area contributed by atoms with Crippen molar-refractivity contribution in [3.8, 4) is 11.4 Å². The van der Waals surface area contributed by atoms with Crippen molar-refractivity contribution < 1.29 is 0 Å². The van der Waals surface area contributed by atoms with Crippen LogP contribution in [0.4, 0.5) is 0 Å². The van der Waals surface area contributed by atoms with Gasteiger partial charge in [0.05, 0.1) is 0 Å². The molecule has 0 amide bonds. The van der Waals surface area contributed by atoms with Gasteiger partial charge in [0.1, 0.15) is 5.82 Å². The maximum atomic E-state index is 4.54. The molecule has 21 heavy (non-hydrogen) atoms. The number of nitrogens with zero attached hydrogens (tertiary/aromatic N) is 4. The van der Waals surface area contributed by atoms with Gasteiger partial charge in [0.15, 0.2) is 11.5 Å². The quantitative estimate of drug-likeness (QED) is 0.741. The van der Waals surface area contributed by atoms with Crippen molar-refractivity contribution in [2.24, 2.45) is 0 Å². The Morgan fingerprint density at radius 2 is 2.10 bits per heavy atom. The van der Waals surface area contributed by atoms with Gasteiger partial charge in [-0.2, -0.15) is 0 Å². The van der Waals surface area contributed by atoms with Crippen LogP contribution in [-0.2, 0) is 13.0 Å². The minimum atomic E-state index is 0.863. The minimum Gasteiger partial charge on any atom is -0.312 e. The molecule has 0 radical (unpaired) electrons. The lowest BCUT2D eigenvalue weighted by atomic mass is 9.95. The summed E-state index contributed by atoms with van der Waals surface area (Å²) >= 11 is 0. The third kappa shape index (κ3) is 1.93. The van der Waals surface area contributed by atoms with E-state index in [0.717, 1.165) is 42.5 Å². The fourth-order valence-corrected chi connectivity index (χ4v) is 3.15. The molecule has 3 heterocycles. The number of rotatable bonds is 1. The lowest BCUT2D eigenvalue weighted by molar-refractivity contribution is 0.644. The number of benzene rings is 1. The van der Waals surface area contributed by atoms with Gasteiger partial charge >= 0.3 is 0 Å². The first kappa shape index (κ1) is 12.5. The van der Waals surface area contributed by atoms with E-state index in [0.29, 0.717) is 0 Å². The van der Waals surface area contributed by atoms with Crippen LogP contribution in [-0.4, -0.2) is 26.1 Å². The molecular formula is C16H17N5. The van der Waals surface area contributed by atoms with Gasteiger partial charge < -0.3 is 5.32 Å². The number of hydrogen-bond donors (Lipinski definition) is 1. The molecule has 5 nitrogen and oxygen atoms in total. The van der Waals surface area contributed by atoms with E-state index in [4.69, 9.17) is 0 Å². The number of fused-ring (bicyclic) bond motifs is 2. The third-order valence-corrected chi connectivity index (χ3v) is 4.07. The summed E-state index contributed by atoms with van der Waals surface area (Å²) in [7, 11) is 0. The Morgan fingerprint density at radius 3 is 3.00 bits per heavy atom. The maximum Gasteiger partial charge on any atom is 0.170 e. The molecule has 4 rings (SSSR count). The second-order valence-electron chi connectivity index (χ2n) is 5.53. The molecular weight excluding hydrogens is 262 g/mol. The Balaban J connectivity index is 1.99. The van der Waals surface area contributed by atoms with Gasteiger partial charge in [-0.3, -0.25) is 4.40 Å². The molecule has 3 aromatic rings. The lowest BCUT2D eigenvalue weighted by Gasteiger charge is -2.19. The summed E-state index contributed by atoms with van der Waals surface area (Å²) in [5, 5.41) is 12.2. The largest absolute Gasteiger partial charge is 0.312 e. The van der Waals surface area contributed by atoms with Gasteiger partial charge in [0, 0.05) is 23.9 Å². The van der Waals surface area contributed by atoms with E-state index in [-0.39, 0.29) is 0 Å². The van der Waals surface area contributed by atoms with Crippen molar-refractivity contribution in [1.82, 2.24) is 24.9 Å². The van der Waals surface area contributed by atoms with Crippen LogP contribution in [0.1, 0.15) is 22.6 Å². The predicted molar refractivity (Wildman–Crippen MR) is 81.1 cm³/mol. The first-order chi connectivity index (χ1) is 10.2. The topological polar surface area (TPSA) is 55.1 Å². The van der Waals surface area contributed by atoms with Gasteiger partial charge in [-0.05, 0) is 37.9 Å². The molecule has 1 N–H and O–H groups in total. The normalized spacial score (nSPS) is 14.4. The molecule has 0 fully saturated rings. The van der Waals surface area contributed by atoms with Crippen molar-refractivity contribution in [2.75, 3.05) is 6.54 Å². The average molecular weight is 279 g/mol. The van der Waals surface area contributed by atoms with Crippen molar-refractivity contribution >= 4 is 5.65 Å². The van der Waals surface area contributed by atoms with Crippen LogP contribution in [0.25, 0.3) is 17.0 Å². The Kier molecular flexibility index (Phi) is 2.75. The van der Waals surface area contributed by atoms with Gasteiger partial charge in [0.2, 0.25) is 0 Å². The summed E-state index contributed by atoms with van der Waals surface area (Å²) in [6.45, 7) is 5.93. The Labute approximate surface area is 123 Å². The fraction of sp³-hybridized carbons (Fsp3) is 0.312. The molecule has 2 aromatic heterocycles. The zero-order valence-corrected chi connectivity index (χ0v) is 12.2. The van der Waals surface area contributed by atoms with Crippen LogP contribution in [0, 0.1) is 13.8 Å². The highest BCUT2D eigenvalue weighted by Crippen LogP contribution is 2.28. The molecule has 0 aliphatic carbocycles. The highest BCUT2D eigenvalue weighted by Gasteiger charge is 2.18. The highest BCUT2D eigenvalue weighted by atomic mass is 15.3. The molecule has 0 saturated heterocycles. The minimum absolute atomic E-state index is 0.863. The van der Waals surface area contributed by atoms with Gasteiger partial charge in [-0.25, -0.2) is 4.98 Å². The van der Waals surface area contributed by atoms with E-state index in [2.05, 4.69) is 38.7 Å². The molecule has 1 aliphatic heterocycles. The van der Waals surface area contributed by atoms with Crippen LogP contribution in [0.15, 0.2) is 24.3 Å². The molecule has 106 valence electrons. The molecule has 0 unspecified atom stereocenters. The standard InChI is InChI=1S/C16H17N5/c1-10-8-15-19-20-16(21(15)11(2)18-10)14-5-3-4-12-9-17-7-6-13(12)14/h3-5,8,17H,6-7,9H2,1-2H3. The maximum absolute atomic E-state index is 4.54. The van der Waals surface area contributed by atoms with E-state index >= 15 is 0 Å². The number of nitrogens with one attached hydrogen (secondary N) is 1. The van der Waals surface area contributed by atoms with E-state index in [9.17, 15) is 0 Å². The lowest BCUT2D eigenvalue weighted by Crippen LogP contribution is -2.24. The van der Waals surface area contributed by atoms with E-state index in [1.54, 1.807) is 0 Å². The zero-order chi connectivity index (χ0) is 14.4. The molecule has 0 saturated carbocycles. The van der Waals surface area contributed by atoms with Gasteiger partial charge in [0.25, 0.3) is 0 Å². The monoisotopic (exact) mass is 279 g/mol. The summed E-state index contributed by atoms with van der Waals surface area (Å²) in [6.07, 6.45) is 1.03. The van der Waals surface area contributed by atoms with Crippen LogP contribution in [0.2, 0.25) is 0 Å². The Morgan fingerprint density at radius 1 is 1.19 bits per heavy atom. The summed E-state index contributed by atoms with van der Waals surface area (Å²) in [4.78, 5) is 4.54. The molecule has 0 spiro atoms. The van der Waals surface area contributed by atoms with Crippen LogP contribution >= 0.6 is 0 Å². The zero-order valence-electron chi connectivity index (χ0n) is 12.2. The summed E-state index contributed by atoms with van der Waals surface area (Å²) < 4.78 is 2.05. The molecule has 0 bridgehead atoms. The first-order valence-electron chi connectivity index (χ1n) is 7.25. The molecule has 1 aromatic carbocycles. The number of hydrogen-bond acceptors (Lipinski definition) is 4. The molecule has 1 aliphatic rings. The average Bonchev–Trinajstić information content (AvgIpc) is 2.90. The smallest absolute Gasteiger partial charge is 0.170 e. The molecule has 0 atom stereocenters. The molecule has 5 heteroatoms. The first-order valence-corrected chi connectivity index (χ1v) is 7.25. The predicted octanol–water partition coefficient (Wildman–Crippen LogP) is 2.05. The number of aromatic nitrogens is 4. The van der Waals surface area contributed by atoms with Gasteiger partial charge in [-0.15, -0.1) is 10.2 Å². The van der Waals surface area contributed by atoms with Crippen LogP contribution < -0.4 is 5.32 Å². The Hall–Kier alpha value is -2.27. The third-order valence-electron chi connectivity index (χ3n) is 4.07. The summed E-state index contributed by atoms with van der Waals surface area (Å²) in [6, 6.07) is 8.39. The van der Waals surface area contributed by atoms with Crippen molar-refractivity contribution in [1.29, 1.82) is 0 Å².